The van der Waals surface area contributed by atoms with E-state index in [2.05, 4.69) is 10.6 Å². The number of alkyl carbamates (subject to hydrolysis) is 1. The Morgan fingerprint density at radius 1 is 1.28 bits per heavy atom. The molecule has 0 saturated carbocycles. The summed E-state index contributed by atoms with van der Waals surface area (Å²) in [6.45, 7) is 6.16. The second-order valence-corrected chi connectivity index (χ2v) is 5.20. The molecule has 0 saturated heterocycles. The first-order chi connectivity index (χ1) is 8.26. The Hall–Kier alpha value is -1.30. The summed E-state index contributed by atoms with van der Waals surface area (Å²) in [7, 11) is 1.87. The highest BCUT2D eigenvalue weighted by Crippen LogP contribution is 2.08. The van der Waals surface area contributed by atoms with E-state index < -0.39 is 23.6 Å². The topological polar surface area (TPSA) is 93.4 Å². The molecule has 6 nitrogen and oxygen atoms in total. The predicted molar refractivity (Wildman–Crippen MR) is 70.1 cm³/mol. The van der Waals surface area contributed by atoms with Crippen LogP contribution in [0, 0.1) is 0 Å². The smallest absolute Gasteiger partial charge is 0.408 e. The maximum Gasteiger partial charge on any atom is 0.408 e. The highest BCUT2D eigenvalue weighted by molar-refractivity contribution is 5.84. The summed E-state index contributed by atoms with van der Waals surface area (Å²) >= 11 is 0. The third-order valence-electron chi connectivity index (χ3n) is 2.20. The van der Waals surface area contributed by atoms with Crippen LogP contribution in [-0.4, -0.2) is 37.2 Å². The van der Waals surface area contributed by atoms with E-state index in [-0.39, 0.29) is 0 Å². The van der Waals surface area contributed by atoms with Gasteiger partial charge in [-0.25, -0.2) is 4.79 Å². The summed E-state index contributed by atoms with van der Waals surface area (Å²) in [5.41, 5.74) is 4.65. The molecule has 2 amide bonds. The molecule has 0 heterocycles. The van der Waals surface area contributed by atoms with Crippen molar-refractivity contribution in [1.29, 1.82) is 0 Å². The van der Waals surface area contributed by atoms with E-state index in [1.54, 1.807) is 20.8 Å². The minimum Gasteiger partial charge on any atom is -0.444 e. The van der Waals surface area contributed by atoms with Crippen LogP contribution in [0.2, 0.25) is 0 Å². The van der Waals surface area contributed by atoms with Gasteiger partial charge in [-0.1, -0.05) is 0 Å². The molecule has 0 unspecified atom stereocenters. The summed E-state index contributed by atoms with van der Waals surface area (Å²) in [5.74, 6) is -0.537. The molecule has 0 bridgehead atoms. The number of nitrogens with two attached hydrogens (primary N) is 1. The Morgan fingerprint density at radius 2 is 1.89 bits per heavy atom. The Morgan fingerprint density at radius 3 is 2.33 bits per heavy atom. The lowest BCUT2D eigenvalue weighted by molar-refractivity contribution is -0.120. The molecule has 0 aliphatic heterocycles. The zero-order valence-electron chi connectivity index (χ0n) is 11.7. The predicted octanol–water partition coefficient (Wildman–Crippen LogP) is 0.755. The number of nitrogens with one attached hydrogen (secondary N) is 2. The summed E-state index contributed by atoms with van der Waals surface area (Å²) < 4.78 is 5.08. The van der Waals surface area contributed by atoms with E-state index in [1.165, 1.54) is 0 Å². The average molecular weight is 259 g/mol. The maximum atomic E-state index is 11.5. The molecule has 6 heteroatoms. The molecule has 0 aromatic rings. The van der Waals surface area contributed by atoms with Gasteiger partial charge in [0.25, 0.3) is 0 Å². The number of unbranched alkanes of at least 4 members (excludes halogenated alkanes) is 1. The van der Waals surface area contributed by atoms with Crippen LogP contribution in [0.5, 0.6) is 0 Å². The standard InChI is InChI=1S/C12H25N3O3/c1-12(2,3)18-11(17)15-9(10(13)16)7-5-6-8-14-4/h9,14H,5-8H2,1-4H3,(H2,13,16)(H,15,17)/t9-/m0/s1. The lowest BCUT2D eigenvalue weighted by atomic mass is 10.1. The van der Waals surface area contributed by atoms with E-state index in [0.29, 0.717) is 6.42 Å². The van der Waals surface area contributed by atoms with Crippen molar-refractivity contribution in [2.24, 2.45) is 5.73 Å². The highest BCUT2D eigenvalue weighted by Gasteiger charge is 2.22. The number of primary amides is 1. The number of carbonyl (C=O) groups excluding carboxylic acids is 2. The first kappa shape index (κ1) is 16.7. The van der Waals surface area contributed by atoms with Crippen molar-refractivity contribution in [1.82, 2.24) is 10.6 Å². The van der Waals surface area contributed by atoms with Gasteiger partial charge in [0.15, 0.2) is 0 Å². The van der Waals surface area contributed by atoms with E-state index in [0.717, 1.165) is 19.4 Å². The molecule has 1 atom stereocenters. The van der Waals surface area contributed by atoms with Crippen LogP contribution in [0.15, 0.2) is 0 Å². The third-order valence-corrected chi connectivity index (χ3v) is 2.20. The SMILES string of the molecule is CNCCCC[C@H](NC(=O)OC(C)(C)C)C(N)=O. The minimum absolute atomic E-state index is 0.524. The van der Waals surface area contributed by atoms with Gasteiger partial charge in [0.1, 0.15) is 11.6 Å². The fourth-order valence-electron chi connectivity index (χ4n) is 1.39. The number of rotatable bonds is 7. The highest BCUT2D eigenvalue weighted by atomic mass is 16.6. The molecule has 0 aromatic heterocycles. The molecule has 0 rings (SSSR count). The largest absolute Gasteiger partial charge is 0.444 e. The van der Waals surface area contributed by atoms with Crippen molar-refractivity contribution >= 4 is 12.0 Å². The zero-order valence-corrected chi connectivity index (χ0v) is 11.7. The first-order valence-corrected chi connectivity index (χ1v) is 6.19. The molecular formula is C12H25N3O3. The molecule has 0 radical (unpaired) electrons. The number of ether oxygens (including phenoxy) is 1. The van der Waals surface area contributed by atoms with Gasteiger partial charge in [-0.2, -0.15) is 0 Å². The second kappa shape index (κ2) is 7.92. The van der Waals surface area contributed by atoms with Crippen molar-refractivity contribution in [2.75, 3.05) is 13.6 Å². The molecule has 0 aliphatic carbocycles. The van der Waals surface area contributed by atoms with E-state index >= 15 is 0 Å². The number of carbonyl (C=O) groups is 2. The van der Waals surface area contributed by atoms with Gasteiger partial charge in [0.2, 0.25) is 5.91 Å². The number of hydrogen-bond donors (Lipinski definition) is 3. The second-order valence-electron chi connectivity index (χ2n) is 5.20. The van der Waals surface area contributed by atoms with E-state index in [9.17, 15) is 9.59 Å². The van der Waals surface area contributed by atoms with Gasteiger partial charge < -0.3 is 21.1 Å². The summed E-state index contributed by atoms with van der Waals surface area (Å²) in [5, 5.41) is 5.51. The van der Waals surface area contributed by atoms with Gasteiger partial charge in [0, 0.05) is 0 Å². The monoisotopic (exact) mass is 259 g/mol. The average Bonchev–Trinajstić information content (AvgIpc) is 2.19. The molecule has 0 fully saturated rings. The van der Waals surface area contributed by atoms with E-state index in [4.69, 9.17) is 10.5 Å². The number of hydrogen-bond acceptors (Lipinski definition) is 4. The maximum absolute atomic E-state index is 11.5. The van der Waals surface area contributed by atoms with Crippen molar-refractivity contribution in [2.45, 2.75) is 51.7 Å². The lowest BCUT2D eigenvalue weighted by Gasteiger charge is -2.22. The fraction of sp³-hybridized carbons (Fsp3) is 0.833. The van der Waals surface area contributed by atoms with Gasteiger partial charge in [-0.3, -0.25) is 4.79 Å². The third kappa shape index (κ3) is 8.81. The lowest BCUT2D eigenvalue weighted by Crippen LogP contribution is -2.46. The zero-order chi connectivity index (χ0) is 14.2. The van der Waals surface area contributed by atoms with Crippen LogP contribution in [0.4, 0.5) is 4.79 Å². The van der Waals surface area contributed by atoms with Crippen LogP contribution < -0.4 is 16.4 Å². The van der Waals surface area contributed by atoms with Crippen LogP contribution in [0.1, 0.15) is 40.0 Å². The molecule has 106 valence electrons. The summed E-state index contributed by atoms with van der Waals surface area (Å²) in [4.78, 5) is 22.7. The van der Waals surface area contributed by atoms with Crippen LogP contribution in [0.3, 0.4) is 0 Å². The van der Waals surface area contributed by atoms with Crippen molar-refractivity contribution < 1.29 is 14.3 Å². The van der Waals surface area contributed by atoms with Crippen LogP contribution >= 0.6 is 0 Å². The number of amides is 2. The van der Waals surface area contributed by atoms with Gasteiger partial charge in [-0.15, -0.1) is 0 Å². The van der Waals surface area contributed by atoms with E-state index in [1.807, 2.05) is 7.05 Å². The summed E-state index contributed by atoms with van der Waals surface area (Å²) in [6, 6.07) is -0.670. The normalized spacial score (nSPS) is 12.9. The van der Waals surface area contributed by atoms with Crippen molar-refractivity contribution in [3.63, 3.8) is 0 Å². The Bertz CT molecular complexity index is 274. The molecular weight excluding hydrogens is 234 g/mol. The minimum atomic E-state index is -0.670. The molecule has 18 heavy (non-hydrogen) atoms. The van der Waals surface area contributed by atoms with Crippen LogP contribution in [-0.2, 0) is 9.53 Å². The Balaban J connectivity index is 4.11. The van der Waals surface area contributed by atoms with Gasteiger partial charge >= 0.3 is 6.09 Å². The molecule has 4 N–H and O–H groups in total. The van der Waals surface area contributed by atoms with Gasteiger partial charge in [-0.05, 0) is 53.6 Å². The Labute approximate surface area is 109 Å². The first-order valence-electron chi connectivity index (χ1n) is 6.19. The van der Waals surface area contributed by atoms with Crippen molar-refractivity contribution in [3.05, 3.63) is 0 Å². The molecule has 0 spiro atoms. The summed E-state index contributed by atoms with van der Waals surface area (Å²) in [6.07, 6.45) is 1.65. The Kier molecular flexibility index (Phi) is 7.35. The quantitative estimate of drug-likeness (QED) is 0.588. The molecule has 0 aliphatic rings. The fourth-order valence-corrected chi connectivity index (χ4v) is 1.39. The van der Waals surface area contributed by atoms with Crippen LogP contribution in [0.25, 0.3) is 0 Å². The van der Waals surface area contributed by atoms with Gasteiger partial charge in [0.05, 0.1) is 0 Å². The molecule has 0 aromatic carbocycles. The van der Waals surface area contributed by atoms with Crippen molar-refractivity contribution in [3.8, 4) is 0 Å².